The van der Waals surface area contributed by atoms with E-state index >= 15 is 0 Å². The molecule has 330 valence electrons. The second kappa shape index (κ2) is 47.1. The van der Waals surface area contributed by atoms with Gasteiger partial charge in [-0.15, -0.1) is 0 Å². The summed E-state index contributed by atoms with van der Waals surface area (Å²) in [6, 6.07) is 0. The lowest BCUT2D eigenvalue weighted by atomic mass is 10.0. The maximum absolute atomic E-state index is 7.30. The molecule has 0 spiro atoms. The van der Waals surface area contributed by atoms with Gasteiger partial charge in [-0.2, -0.15) is 0 Å². The van der Waals surface area contributed by atoms with Gasteiger partial charge in [-0.25, -0.2) is 0 Å². The van der Waals surface area contributed by atoms with Crippen molar-refractivity contribution in [3.63, 3.8) is 0 Å². The van der Waals surface area contributed by atoms with E-state index in [4.69, 9.17) is 11.4 Å². The summed E-state index contributed by atoms with van der Waals surface area (Å²) >= 11 is -2.33. The Balaban J connectivity index is 6.01. The normalized spacial score (nSPS) is 11.9. The standard InChI is InChI=1S/3C17H35O.Al/c3*1-3-5-7-9-11-13-15-17(18)16-14-12-10-8-6-4-2;/h3*17H,3-16H2,1-2H3;/q3*-1;+3. The van der Waals surface area contributed by atoms with E-state index in [-0.39, 0.29) is 0 Å². The Morgan fingerprint density at radius 1 is 0.218 bits per heavy atom. The van der Waals surface area contributed by atoms with Crippen LogP contribution >= 0.6 is 0 Å². The summed E-state index contributed by atoms with van der Waals surface area (Å²) in [6.07, 6.45) is 56.7. The molecule has 55 heavy (non-hydrogen) atoms. The average Bonchev–Trinajstić information content (AvgIpc) is 3.19. The molecule has 0 aromatic carbocycles. The SMILES string of the molecule is CCCCCCCCC(CCCCCCCC)[O][Al]([O]C(CCCCCCCC)CCCCCCCC)[O]C(CCCCCCCC)CCCCCCCC. The van der Waals surface area contributed by atoms with Crippen molar-refractivity contribution in [3.05, 3.63) is 0 Å². The van der Waals surface area contributed by atoms with Gasteiger partial charge < -0.3 is 11.4 Å². The third-order valence-corrected chi connectivity index (χ3v) is 14.0. The molecule has 0 saturated heterocycles. The van der Waals surface area contributed by atoms with Crippen LogP contribution in [0.15, 0.2) is 0 Å². The van der Waals surface area contributed by atoms with Gasteiger partial charge in [0.25, 0.3) is 0 Å². The average molecular weight is 793 g/mol. The van der Waals surface area contributed by atoms with Gasteiger partial charge in [0.15, 0.2) is 0 Å². The van der Waals surface area contributed by atoms with E-state index in [1.165, 1.54) is 270 Å². The Kier molecular flexibility index (Phi) is 47.4. The van der Waals surface area contributed by atoms with Crippen molar-refractivity contribution in [2.75, 3.05) is 0 Å². The largest absolute Gasteiger partial charge is 0.906 e. The molecule has 0 radical (unpaired) electrons. The van der Waals surface area contributed by atoms with Crippen molar-refractivity contribution in [1.82, 2.24) is 0 Å². The number of rotatable bonds is 48. The van der Waals surface area contributed by atoms with E-state index in [0.29, 0.717) is 18.3 Å². The van der Waals surface area contributed by atoms with Gasteiger partial charge in [0.05, 0.1) is 0 Å². The van der Waals surface area contributed by atoms with Crippen molar-refractivity contribution in [2.45, 2.75) is 330 Å². The van der Waals surface area contributed by atoms with Gasteiger partial charge in [-0.3, -0.25) is 0 Å². The summed E-state index contributed by atoms with van der Waals surface area (Å²) in [5, 5.41) is 0. The van der Waals surface area contributed by atoms with Crippen molar-refractivity contribution < 1.29 is 11.4 Å². The van der Waals surface area contributed by atoms with Crippen LogP contribution in [0.2, 0.25) is 0 Å². The fourth-order valence-electron chi connectivity index (χ4n) is 8.32. The minimum atomic E-state index is -2.33. The Morgan fingerprint density at radius 3 is 0.527 bits per heavy atom. The van der Waals surface area contributed by atoms with Crippen molar-refractivity contribution >= 4 is 15.1 Å². The predicted molar refractivity (Wildman–Crippen MR) is 248 cm³/mol. The summed E-state index contributed by atoms with van der Waals surface area (Å²) in [4.78, 5) is 0. The molecule has 0 N–H and O–H groups in total. The van der Waals surface area contributed by atoms with Gasteiger partial charge in [0, 0.05) is 18.3 Å². The second-order valence-electron chi connectivity index (χ2n) is 17.9. The van der Waals surface area contributed by atoms with Crippen LogP contribution in [0.1, 0.15) is 311 Å². The zero-order chi connectivity index (χ0) is 40.1. The molecule has 0 bridgehead atoms. The smallest absolute Gasteiger partial charge is 0.452 e. The monoisotopic (exact) mass is 793 g/mol. The summed E-state index contributed by atoms with van der Waals surface area (Å²) in [5.74, 6) is 0. The lowest BCUT2D eigenvalue weighted by Crippen LogP contribution is -2.39. The summed E-state index contributed by atoms with van der Waals surface area (Å²) in [5.41, 5.74) is 0. The lowest BCUT2D eigenvalue weighted by molar-refractivity contribution is -0.00659. The van der Waals surface area contributed by atoms with Crippen LogP contribution in [0, 0.1) is 0 Å². The molecule has 0 aromatic rings. The van der Waals surface area contributed by atoms with Crippen LogP contribution in [-0.2, 0) is 11.4 Å². The van der Waals surface area contributed by atoms with Crippen molar-refractivity contribution in [3.8, 4) is 0 Å². The molecule has 0 aliphatic carbocycles. The molecule has 0 aliphatic rings. The molecule has 4 heteroatoms. The van der Waals surface area contributed by atoms with Crippen LogP contribution in [0.4, 0.5) is 0 Å². The van der Waals surface area contributed by atoms with E-state index in [1.54, 1.807) is 0 Å². The van der Waals surface area contributed by atoms with Crippen LogP contribution in [0.5, 0.6) is 0 Å². The zero-order valence-corrected chi connectivity index (χ0v) is 40.4. The minimum Gasteiger partial charge on any atom is -0.452 e. The molecule has 0 atom stereocenters. The molecular formula is C51H105AlO3. The molecule has 3 nitrogen and oxygen atoms in total. The molecule has 0 unspecified atom stereocenters. The van der Waals surface area contributed by atoms with Crippen LogP contribution in [0.3, 0.4) is 0 Å². The quantitative estimate of drug-likeness (QED) is 0.0454. The highest BCUT2D eigenvalue weighted by Gasteiger charge is 2.39. The van der Waals surface area contributed by atoms with E-state index < -0.39 is 15.1 Å². The molecule has 0 aliphatic heterocycles. The molecular weight excluding hydrogens is 688 g/mol. The lowest BCUT2D eigenvalue weighted by Gasteiger charge is -2.29. The summed E-state index contributed by atoms with van der Waals surface area (Å²) < 4.78 is 21.9. The Labute approximate surface area is 354 Å². The van der Waals surface area contributed by atoms with Crippen LogP contribution in [0.25, 0.3) is 0 Å². The number of hydrogen-bond acceptors (Lipinski definition) is 3. The maximum atomic E-state index is 7.30. The van der Waals surface area contributed by atoms with Gasteiger partial charge >= 0.3 is 15.1 Å². The molecule has 0 rings (SSSR count). The third kappa shape index (κ3) is 41.0. The molecule has 0 saturated carbocycles. The second-order valence-corrected chi connectivity index (χ2v) is 19.3. The third-order valence-electron chi connectivity index (χ3n) is 12.2. The van der Waals surface area contributed by atoms with E-state index in [9.17, 15) is 0 Å². The van der Waals surface area contributed by atoms with E-state index in [1.807, 2.05) is 0 Å². The van der Waals surface area contributed by atoms with Gasteiger partial charge in [0.1, 0.15) is 0 Å². The first-order valence-electron chi connectivity index (χ1n) is 26.1. The van der Waals surface area contributed by atoms with E-state index in [2.05, 4.69) is 41.5 Å². The van der Waals surface area contributed by atoms with Gasteiger partial charge in [-0.1, -0.05) is 273 Å². The van der Waals surface area contributed by atoms with Crippen molar-refractivity contribution in [1.29, 1.82) is 0 Å². The van der Waals surface area contributed by atoms with E-state index in [0.717, 1.165) is 0 Å². The maximum Gasteiger partial charge on any atom is 0.906 e. The molecule has 0 heterocycles. The van der Waals surface area contributed by atoms with Crippen LogP contribution < -0.4 is 0 Å². The Morgan fingerprint density at radius 2 is 0.364 bits per heavy atom. The first-order valence-corrected chi connectivity index (χ1v) is 27.5. The Bertz CT molecular complexity index is 551. The predicted octanol–water partition coefficient (Wildman–Crippen LogP) is 18.6. The highest BCUT2D eigenvalue weighted by molar-refractivity contribution is 6.36. The van der Waals surface area contributed by atoms with Crippen LogP contribution in [-0.4, -0.2) is 33.5 Å². The first kappa shape index (κ1) is 55.4. The van der Waals surface area contributed by atoms with Gasteiger partial charge in [0.2, 0.25) is 0 Å². The van der Waals surface area contributed by atoms with Crippen molar-refractivity contribution in [2.24, 2.45) is 0 Å². The summed E-state index contributed by atoms with van der Waals surface area (Å²) in [7, 11) is 0. The van der Waals surface area contributed by atoms with Gasteiger partial charge in [-0.05, 0) is 38.5 Å². The number of hydrogen-bond donors (Lipinski definition) is 0. The fourth-order valence-corrected chi connectivity index (χ4v) is 10.3. The topological polar surface area (TPSA) is 27.7 Å². The molecule has 0 fully saturated rings. The zero-order valence-electron chi connectivity index (χ0n) is 39.2. The molecule has 0 aromatic heterocycles. The highest BCUT2D eigenvalue weighted by atomic mass is 27.3. The highest BCUT2D eigenvalue weighted by Crippen LogP contribution is 2.25. The number of unbranched alkanes of at least 4 members (excludes halogenated alkanes) is 30. The Hall–Kier alpha value is 0.412. The fraction of sp³-hybridized carbons (Fsp3) is 1.00. The summed E-state index contributed by atoms with van der Waals surface area (Å²) in [6.45, 7) is 14.0. The first-order chi connectivity index (χ1) is 27.1. The minimum absolute atomic E-state index is 0.307. The molecule has 0 amide bonds.